The third-order valence-electron chi connectivity index (χ3n) is 3.88. The van der Waals surface area contributed by atoms with Gasteiger partial charge in [-0.2, -0.15) is 0 Å². The summed E-state index contributed by atoms with van der Waals surface area (Å²) < 4.78 is 7.84. The Morgan fingerprint density at radius 1 is 0.960 bits per heavy atom. The highest BCUT2D eigenvalue weighted by atomic mass is 16.5. The number of hydrogen-bond acceptors (Lipinski definition) is 5. The molecule has 0 unspecified atom stereocenters. The summed E-state index contributed by atoms with van der Waals surface area (Å²) in [5.74, 6) is 1.29. The van der Waals surface area contributed by atoms with Crippen molar-refractivity contribution in [3.63, 3.8) is 0 Å². The van der Waals surface area contributed by atoms with Gasteiger partial charge in [0.1, 0.15) is 17.8 Å². The van der Waals surface area contributed by atoms with Gasteiger partial charge in [-0.05, 0) is 42.5 Å². The second kappa shape index (κ2) is 6.26. The van der Waals surface area contributed by atoms with Crippen LogP contribution in [0.5, 0.6) is 11.5 Å². The Morgan fingerprint density at radius 3 is 2.56 bits per heavy atom. The first-order valence-corrected chi connectivity index (χ1v) is 7.79. The molecule has 0 atom stereocenters. The van der Waals surface area contributed by atoms with Crippen molar-refractivity contribution in [2.24, 2.45) is 0 Å². The molecule has 2 heterocycles. The number of aliphatic hydroxyl groups is 1. The molecule has 0 amide bonds. The minimum absolute atomic E-state index is 0.123. The van der Waals surface area contributed by atoms with Gasteiger partial charge in [-0.25, -0.2) is 4.98 Å². The molecule has 0 saturated carbocycles. The van der Waals surface area contributed by atoms with E-state index in [0.717, 1.165) is 22.4 Å². The number of pyridine rings is 1. The lowest BCUT2D eigenvalue weighted by molar-refractivity contribution is 0.276. The molecule has 0 aliphatic heterocycles. The first kappa shape index (κ1) is 15.2. The predicted octanol–water partition coefficient (Wildman–Crippen LogP) is 3.29. The minimum atomic E-state index is -0.123. The zero-order chi connectivity index (χ0) is 17.2. The van der Waals surface area contributed by atoms with Crippen LogP contribution in [0.4, 0.5) is 5.69 Å². The Labute approximate surface area is 144 Å². The average molecular weight is 332 g/mol. The molecule has 0 radical (unpaired) electrons. The van der Waals surface area contributed by atoms with Crippen molar-refractivity contribution in [2.75, 3.05) is 5.73 Å². The Balaban J connectivity index is 1.66. The van der Waals surface area contributed by atoms with Gasteiger partial charge in [-0.3, -0.25) is 9.55 Å². The van der Waals surface area contributed by atoms with Crippen LogP contribution in [0.1, 0.15) is 5.69 Å². The van der Waals surface area contributed by atoms with Gasteiger partial charge in [0.15, 0.2) is 0 Å². The Hall–Kier alpha value is -3.38. The zero-order valence-electron chi connectivity index (χ0n) is 13.3. The number of aromatic nitrogens is 3. The van der Waals surface area contributed by atoms with Crippen LogP contribution in [0.25, 0.3) is 16.7 Å². The molecule has 0 spiro atoms. The highest BCUT2D eigenvalue weighted by molar-refractivity contribution is 5.79. The van der Waals surface area contributed by atoms with E-state index in [1.165, 1.54) is 0 Å². The summed E-state index contributed by atoms with van der Waals surface area (Å²) in [4.78, 5) is 8.49. The standard InChI is InChI=1S/C19H16N4O2/c20-13-1-3-15(4-2-13)23-12-22-18-10-16(5-6-19(18)23)25-17-7-8-21-14(9-17)11-24/h1-10,12,24H,11,20H2. The maximum Gasteiger partial charge on any atom is 0.130 e. The molecular formula is C19H16N4O2. The molecule has 2 aromatic carbocycles. The third-order valence-corrected chi connectivity index (χ3v) is 3.88. The van der Waals surface area contributed by atoms with Crippen LogP contribution in [0.2, 0.25) is 0 Å². The monoisotopic (exact) mass is 332 g/mol. The molecule has 0 saturated heterocycles. The number of rotatable bonds is 4. The van der Waals surface area contributed by atoms with Gasteiger partial charge in [-0.15, -0.1) is 0 Å². The number of fused-ring (bicyclic) bond motifs is 1. The van der Waals surface area contributed by atoms with Gasteiger partial charge in [-0.1, -0.05) is 0 Å². The third kappa shape index (κ3) is 3.02. The van der Waals surface area contributed by atoms with Gasteiger partial charge < -0.3 is 15.6 Å². The number of hydrogen-bond donors (Lipinski definition) is 2. The van der Waals surface area contributed by atoms with Crippen molar-refractivity contribution in [1.29, 1.82) is 0 Å². The SMILES string of the molecule is Nc1ccc(-n2cnc3cc(Oc4ccnc(CO)c4)ccc32)cc1. The quantitative estimate of drug-likeness (QED) is 0.560. The lowest BCUT2D eigenvalue weighted by atomic mass is 10.2. The molecule has 25 heavy (non-hydrogen) atoms. The Bertz CT molecular complexity index is 1030. The van der Waals surface area contributed by atoms with Crippen molar-refractivity contribution >= 4 is 16.7 Å². The van der Waals surface area contributed by atoms with E-state index in [0.29, 0.717) is 17.2 Å². The van der Waals surface area contributed by atoms with Crippen molar-refractivity contribution in [2.45, 2.75) is 6.61 Å². The highest BCUT2D eigenvalue weighted by Gasteiger charge is 2.07. The highest BCUT2D eigenvalue weighted by Crippen LogP contribution is 2.27. The summed E-state index contributed by atoms with van der Waals surface area (Å²) in [5.41, 5.74) is 9.82. The number of nitrogen functional groups attached to an aromatic ring is 1. The lowest BCUT2D eigenvalue weighted by Gasteiger charge is -2.08. The van der Waals surface area contributed by atoms with E-state index in [2.05, 4.69) is 9.97 Å². The number of nitrogens with two attached hydrogens (primary N) is 1. The smallest absolute Gasteiger partial charge is 0.130 e. The Morgan fingerprint density at radius 2 is 1.76 bits per heavy atom. The topological polar surface area (TPSA) is 86.2 Å². The van der Waals surface area contributed by atoms with Crippen LogP contribution in [-0.4, -0.2) is 19.6 Å². The van der Waals surface area contributed by atoms with Crippen LogP contribution in [0.3, 0.4) is 0 Å². The van der Waals surface area contributed by atoms with E-state index in [4.69, 9.17) is 15.6 Å². The molecule has 0 aliphatic carbocycles. The molecule has 0 fully saturated rings. The molecule has 6 nitrogen and oxygen atoms in total. The normalized spacial score (nSPS) is 10.9. The summed E-state index contributed by atoms with van der Waals surface area (Å²) in [6, 6.07) is 16.8. The predicted molar refractivity (Wildman–Crippen MR) is 95.7 cm³/mol. The maximum atomic E-state index is 9.16. The van der Waals surface area contributed by atoms with Crippen LogP contribution in [0.15, 0.2) is 67.1 Å². The van der Waals surface area contributed by atoms with Crippen molar-refractivity contribution in [3.8, 4) is 17.2 Å². The Kier molecular flexibility index (Phi) is 3.80. The van der Waals surface area contributed by atoms with E-state index in [1.54, 1.807) is 24.7 Å². The molecule has 4 rings (SSSR count). The maximum absolute atomic E-state index is 9.16. The van der Waals surface area contributed by atoms with E-state index in [-0.39, 0.29) is 6.61 Å². The number of imidazole rings is 1. The summed E-state index contributed by atoms with van der Waals surface area (Å²) >= 11 is 0. The van der Waals surface area contributed by atoms with Gasteiger partial charge in [0.25, 0.3) is 0 Å². The fourth-order valence-electron chi connectivity index (χ4n) is 2.64. The number of nitrogens with zero attached hydrogens (tertiary/aromatic N) is 3. The summed E-state index contributed by atoms with van der Waals surface area (Å²) in [7, 11) is 0. The van der Waals surface area contributed by atoms with E-state index in [9.17, 15) is 0 Å². The van der Waals surface area contributed by atoms with Gasteiger partial charge in [0.2, 0.25) is 0 Å². The largest absolute Gasteiger partial charge is 0.457 e. The molecule has 2 aromatic heterocycles. The van der Waals surface area contributed by atoms with Crippen molar-refractivity contribution in [1.82, 2.24) is 14.5 Å². The van der Waals surface area contributed by atoms with Crippen molar-refractivity contribution < 1.29 is 9.84 Å². The summed E-state index contributed by atoms with van der Waals surface area (Å²) in [6.07, 6.45) is 3.38. The fraction of sp³-hybridized carbons (Fsp3) is 0.0526. The summed E-state index contributed by atoms with van der Waals surface area (Å²) in [6.45, 7) is -0.123. The zero-order valence-corrected chi connectivity index (χ0v) is 13.3. The second-order valence-corrected chi connectivity index (χ2v) is 5.60. The van der Waals surface area contributed by atoms with Crippen LogP contribution in [0, 0.1) is 0 Å². The molecule has 0 aliphatic rings. The van der Waals surface area contributed by atoms with Crippen LogP contribution in [-0.2, 0) is 6.61 Å². The van der Waals surface area contributed by atoms with Crippen LogP contribution >= 0.6 is 0 Å². The number of ether oxygens (including phenoxy) is 1. The van der Waals surface area contributed by atoms with Crippen LogP contribution < -0.4 is 10.5 Å². The van der Waals surface area contributed by atoms with Crippen molar-refractivity contribution in [3.05, 3.63) is 72.8 Å². The van der Waals surface area contributed by atoms with Gasteiger partial charge >= 0.3 is 0 Å². The lowest BCUT2D eigenvalue weighted by Crippen LogP contribution is -1.93. The fourth-order valence-corrected chi connectivity index (χ4v) is 2.64. The molecular weight excluding hydrogens is 316 g/mol. The average Bonchev–Trinajstić information content (AvgIpc) is 3.06. The molecule has 124 valence electrons. The number of aliphatic hydroxyl groups excluding tert-OH is 1. The first-order chi connectivity index (χ1) is 12.2. The van der Waals surface area contributed by atoms with Gasteiger partial charge in [0.05, 0.1) is 23.3 Å². The van der Waals surface area contributed by atoms with E-state index >= 15 is 0 Å². The van der Waals surface area contributed by atoms with E-state index < -0.39 is 0 Å². The first-order valence-electron chi connectivity index (χ1n) is 7.79. The van der Waals surface area contributed by atoms with Gasteiger partial charge in [0, 0.05) is 29.7 Å². The molecule has 0 bridgehead atoms. The molecule has 3 N–H and O–H groups in total. The molecule has 6 heteroatoms. The second-order valence-electron chi connectivity index (χ2n) is 5.60. The number of benzene rings is 2. The van der Waals surface area contributed by atoms with E-state index in [1.807, 2.05) is 47.0 Å². The summed E-state index contributed by atoms with van der Waals surface area (Å²) in [5, 5.41) is 9.16. The number of anilines is 1. The minimum Gasteiger partial charge on any atom is -0.457 e. The molecule has 4 aromatic rings.